The van der Waals surface area contributed by atoms with Crippen LogP contribution >= 0.6 is 12.2 Å². The van der Waals surface area contributed by atoms with Gasteiger partial charge in [0, 0.05) is 11.1 Å². The first-order chi connectivity index (χ1) is 12.2. The van der Waals surface area contributed by atoms with E-state index < -0.39 is 0 Å². The predicted octanol–water partition coefficient (Wildman–Crippen LogP) is 3.86. The summed E-state index contributed by atoms with van der Waals surface area (Å²) in [6.45, 7) is 0. The number of benzene rings is 3. The molecule has 0 saturated heterocycles. The Kier molecular flexibility index (Phi) is 5.54. The van der Waals surface area contributed by atoms with Gasteiger partial charge in [0.15, 0.2) is 5.11 Å². The lowest BCUT2D eigenvalue weighted by Gasteiger charge is -2.09. The lowest BCUT2D eigenvalue weighted by atomic mass is 9.99. The molecule has 3 rings (SSSR count). The zero-order chi connectivity index (χ0) is 17.5. The molecular formula is C21H19N3S. The van der Waals surface area contributed by atoms with Crippen molar-refractivity contribution in [3.05, 3.63) is 107 Å². The molecule has 0 heterocycles. The zero-order valence-electron chi connectivity index (χ0n) is 13.7. The van der Waals surface area contributed by atoms with Gasteiger partial charge in [0.1, 0.15) is 0 Å². The van der Waals surface area contributed by atoms with Crippen LogP contribution in [0.4, 0.5) is 0 Å². The maximum Gasteiger partial charge on any atom is 0.184 e. The van der Waals surface area contributed by atoms with Gasteiger partial charge in [-0.1, -0.05) is 84.9 Å². The highest BCUT2D eigenvalue weighted by atomic mass is 32.1. The van der Waals surface area contributed by atoms with Crippen LogP contribution in [-0.4, -0.2) is 10.8 Å². The number of nitrogens with one attached hydrogen (secondary N) is 1. The lowest BCUT2D eigenvalue weighted by molar-refractivity contribution is 1.03. The van der Waals surface area contributed by atoms with Crippen LogP contribution in [-0.2, 0) is 6.42 Å². The Morgan fingerprint density at radius 1 is 0.760 bits per heavy atom. The van der Waals surface area contributed by atoms with Gasteiger partial charge in [0.25, 0.3) is 0 Å². The molecule has 0 fully saturated rings. The summed E-state index contributed by atoms with van der Waals surface area (Å²) in [7, 11) is 0. The minimum atomic E-state index is 0.147. The standard InChI is InChI=1S/C21H19N3S/c22-21(25)24-23-20(18-9-5-2-6-10-18)19-13-11-17(12-14-19)15-16-7-3-1-4-8-16/h1-14H,15H2,(H3,22,24,25). The number of nitrogens with zero attached hydrogens (tertiary/aromatic N) is 1. The van der Waals surface area contributed by atoms with E-state index in [1.54, 1.807) is 0 Å². The van der Waals surface area contributed by atoms with Crippen molar-refractivity contribution in [2.45, 2.75) is 6.42 Å². The first kappa shape index (κ1) is 16.9. The largest absolute Gasteiger partial charge is 0.375 e. The van der Waals surface area contributed by atoms with Crippen molar-refractivity contribution in [2.24, 2.45) is 10.8 Å². The molecule has 0 amide bonds. The summed E-state index contributed by atoms with van der Waals surface area (Å²) in [5.74, 6) is 0. The SMILES string of the molecule is NC(=S)NN=C(c1ccccc1)c1ccc(Cc2ccccc2)cc1. The van der Waals surface area contributed by atoms with Crippen molar-refractivity contribution < 1.29 is 0 Å². The maximum atomic E-state index is 5.52. The predicted molar refractivity (Wildman–Crippen MR) is 108 cm³/mol. The smallest absolute Gasteiger partial charge is 0.184 e. The fourth-order valence-electron chi connectivity index (χ4n) is 2.61. The molecule has 3 aromatic rings. The fourth-order valence-corrected chi connectivity index (χ4v) is 2.66. The van der Waals surface area contributed by atoms with Crippen molar-refractivity contribution >= 4 is 23.0 Å². The van der Waals surface area contributed by atoms with Gasteiger partial charge in [-0.2, -0.15) is 5.10 Å². The third-order valence-corrected chi connectivity index (χ3v) is 3.89. The van der Waals surface area contributed by atoms with Gasteiger partial charge in [-0.15, -0.1) is 0 Å². The number of hydrogen-bond acceptors (Lipinski definition) is 2. The molecule has 4 heteroatoms. The van der Waals surface area contributed by atoms with Crippen LogP contribution < -0.4 is 11.2 Å². The van der Waals surface area contributed by atoms with Gasteiger partial charge >= 0.3 is 0 Å². The summed E-state index contributed by atoms with van der Waals surface area (Å²) in [6, 6.07) is 28.8. The van der Waals surface area contributed by atoms with E-state index in [0.717, 1.165) is 23.3 Å². The minimum absolute atomic E-state index is 0.147. The molecule has 0 unspecified atom stereocenters. The molecule has 3 nitrogen and oxygen atoms in total. The van der Waals surface area contributed by atoms with E-state index in [-0.39, 0.29) is 5.11 Å². The van der Waals surface area contributed by atoms with Crippen molar-refractivity contribution in [2.75, 3.05) is 0 Å². The van der Waals surface area contributed by atoms with Gasteiger partial charge < -0.3 is 5.73 Å². The summed E-state index contributed by atoms with van der Waals surface area (Å²) in [4.78, 5) is 0. The van der Waals surface area contributed by atoms with Crippen molar-refractivity contribution in [1.82, 2.24) is 5.43 Å². The Morgan fingerprint density at radius 3 is 1.88 bits per heavy atom. The molecule has 0 bridgehead atoms. The van der Waals surface area contributed by atoms with E-state index in [0.29, 0.717) is 0 Å². The van der Waals surface area contributed by atoms with E-state index in [1.165, 1.54) is 11.1 Å². The monoisotopic (exact) mass is 345 g/mol. The molecule has 0 radical (unpaired) electrons. The van der Waals surface area contributed by atoms with E-state index >= 15 is 0 Å². The van der Waals surface area contributed by atoms with Gasteiger partial charge in [-0.05, 0) is 29.8 Å². The fraction of sp³-hybridized carbons (Fsp3) is 0.0476. The second-order valence-electron chi connectivity index (χ2n) is 5.66. The summed E-state index contributed by atoms with van der Waals surface area (Å²) in [5, 5.41) is 4.53. The molecule has 3 aromatic carbocycles. The lowest BCUT2D eigenvalue weighted by Crippen LogP contribution is -2.26. The van der Waals surface area contributed by atoms with Crippen LogP contribution in [0.3, 0.4) is 0 Å². The van der Waals surface area contributed by atoms with Gasteiger partial charge in [0.05, 0.1) is 5.71 Å². The quantitative estimate of drug-likeness (QED) is 0.419. The van der Waals surface area contributed by atoms with E-state index in [2.05, 4.69) is 59.1 Å². The summed E-state index contributed by atoms with van der Waals surface area (Å²) >= 11 is 4.87. The number of hydrazone groups is 1. The number of hydrogen-bond donors (Lipinski definition) is 2. The molecule has 124 valence electrons. The van der Waals surface area contributed by atoms with Crippen molar-refractivity contribution in [3.63, 3.8) is 0 Å². The van der Waals surface area contributed by atoms with Crippen LogP contribution in [0.5, 0.6) is 0 Å². The average molecular weight is 345 g/mol. The Balaban J connectivity index is 1.86. The van der Waals surface area contributed by atoms with Gasteiger partial charge in [-0.25, -0.2) is 0 Å². The summed E-state index contributed by atoms with van der Waals surface area (Å²) in [5.41, 5.74) is 13.6. The second kappa shape index (κ2) is 8.22. The molecule has 25 heavy (non-hydrogen) atoms. The highest BCUT2D eigenvalue weighted by molar-refractivity contribution is 7.80. The second-order valence-corrected chi connectivity index (χ2v) is 6.10. The number of nitrogens with two attached hydrogens (primary N) is 1. The van der Waals surface area contributed by atoms with Crippen LogP contribution in [0.25, 0.3) is 0 Å². The topological polar surface area (TPSA) is 50.4 Å². The molecule has 0 aliphatic rings. The zero-order valence-corrected chi connectivity index (χ0v) is 14.5. The molecule has 0 atom stereocenters. The molecular weight excluding hydrogens is 326 g/mol. The molecule has 0 spiro atoms. The van der Waals surface area contributed by atoms with Crippen LogP contribution in [0.1, 0.15) is 22.3 Å². The minimum Gasteiger partial charge on any atom is -0.375 e. The molecule has 0 aromatic heterocycles. The summed E-state index contributed by atoms with van der Waals surface area (Å²) in [6.07, 6.45) is 0.907. The third kappa shape index (κ3) is 4.75. The van der Waals surface area contributed by atoms with Crippen LogP contribution in [0.15, 0.2) is 90.0 Å². The van der Waals surface area contributed by atoms with Crippen molar-refractivity contribution in [1.29, 1.82) is 0 Å². The van der Waals surface area contributed by atoms with E-state index in [1.807, 2.05) is 36.4 Å². The van der Waals surface area contributed by atoms with E-state index in [4.69, 9.17) is 18.0 Å². The Labute approximate surface area is 153 Å². The molecule has 0 aliphatic heterocycles. The number of thiocarbonyl (C=S) groups is 1. The molecule has 3 N–H and O–H groups in total. The van der Waals surface area contributed by atoms with E-state index in [9.17, 15) is 0 Å². The first-order valence-corrected chi connectivity index (χ1v) is 8.45. The normalized spacial score (nSPS) is 11.1. The highest BCUT2D eigenvalue weighted by Crippen LogP contribution is 2.14. The Hall–Kier alpha value is -2.98. The molecule has 0 aliphatic carbocycles. The summed E-state index contributed by atoms with van der Waals surface area (Å²) < 4.78 is 0. The molecule has 0 saturated carbocycles. The third-order valence-electron chi connectivity index (χ3n) is 3.80. The van der Waals surface area contributed by atoms with Gasteiger partial charge in [0.2, 0.25) is 0 Å². The van der Waals surface area contributed by atoms with Crippen LogP contribution in [0, 0.1) is 0 Å². The Morgan fingerprint density at radius 2 is 1.28 bits per heavy atom. The number of rotatable bonds is 5. The average Bonchev–Trinajstić information content (AvgIpc) is 2.65. The maximum absolute atomic E-state index is 5.52. The van der Waals surface area contributed by atoms with Gasteiger partial charge in [-0.3, -0.25) is 5.43 Å². The van der Waals surface area contributed by atoms with Crippen molar-refractivity contribution in [3.8, 4) is 0 Å². The Bertz CT molecular complexity index is 857. The first-order valence-electron chi connectivity index (χ1n) is 8.04. The highest BCUT2D eigenvalue weighted by Gasteiger charge is 2.07. The van der Waals surface area contributed by atoms with Crippen LogP contribution in [0.2, 0.25) is 0 Å².